The molecule has 0 N–H and O–H groups in total. The lowest BCUT2D eigenvalue weighted by Gasteiger charge is -2.38. The van der Waals surface area contributed by atoms with Gasteiger partial charge in [-0.2, -0.15) is 0 Å². The maximum Gasteiger partial charge on any atom is 0.132 e. The van der Waals surface area contributed by atoms with Gasteiger partial charge in [0.2, 0.25) is 0 Å². The fourth-order valence-electron chi connectivity index (χ4n) is 3.98. The predicted molar refractivity (Wildman–Crippen MR) is 136 cm³/mol. The van der Waals surface area contributed by atoms with Crippen molar-refractivity contribution in [2.75, 3.05) is 40.8 Å². The van der Waals surface area contributed by atoms with Crippen LogP contribution in [-0.4, -0.2) is 45.3 Å². The van der Waals surface area contributed by atoms with Crippen LogP contribution in [0.2, 0.25) is 0 Å². The maximum absolute atomic E-state index is 7.00. The quantitative estimate of drug-likeness (QED) is 0.265. The van der Waals surface area contributed by atoms with Gasteiger partial charge in [-0.3, -0.25) is 4.48 Å². The van der Waals surface area contributed by atoms with Crippen LogP contribution in [0.3, 0.4) is 0 Å². The van der Waals surface area contributed by atoms with Gasteiger partial charge in [0.15, 0.2) is 0 Å². The molecule has 0 heterocycles. The molecule has 0 radical (unpaired) electrons. The molecular weight excluding hydrogens is 396 g/mol. The summed E-state index contributed by atoms with van der Waals surface area (Å²) in [5.41, 5.74) is 2.93. The van der Waals surface area contributed by atoms with Gasteiger partial charge >= 0.3 is 0 Å². The molecule has 0 fully saturated rings. The van der Waals surface area contributed by atoms with Gasteiger partial charge < -0.3 is 15.0 Å². The number of unbranched alkanes of at least 4 members (excludes halogenated alkanes) is 3. The summed E-state index contributed by atoms with van der Waals surface area (Å²) in [6.07, 6.45) is 7.90. The van der Waals surface area contributed by atoms with Gasteiger partial charge in [-0.15, -0.1) is 0 Å². The van der Waals surface area contributed by atoms with E-state index in [1.54, 1.807) is 0 Å². The Balaban J connectivity index is 0.000000626. The molecule has 0 amide bonds. The Kier molecular flexibility index (Phi) is 16.8. The van der Waals surface area contributed by atoms with Gasteiger partial charge in [0, 0.05) is 5.56 Å². The van der Waals surface area contributed by atoms with Gasteiger partial charge in [-0.1, -0.05) is 88.6 Å². The van der Waals surface area contributed by atoms with E-state index in [0.29, 0.717) is 0 Å². The molecule has 0 unspecified atom stereocenters. The average molecular weight is 445 g/mol. The number of hydrogen-bond donors (Lipinski definition) is 0. The van der Waals surface area contributed by atoms with Crippen molar-refractivity contribution in [3.63, 3.8) is 0 Å². The minimum absolute atomic E-state index is 0.990. The van der Waals surface area contributed by atoms with Crippen molar-refractivity contribution in [3.05, 3.63) is 66.2 Å². The fraction of sp³-hybridized carbons (Fsp3) is 0.571. The normalized spacial score (nSPS) is 11.1. The minimum Gasteiger partial charge on any atom is -1.00 e. The number of nitrogens with zero attached hydrogens (tertiary/aromatic N) is 2. The van der Waals surface area contributed by atoms with Gasteiger partial charge in [-0.25, -0.2) is 0 Å². The summed E-state index contributed by atoms with van der Waals surface area (Å²) in [5.74, 6) is 0. The standard InChI is InChI=1S/C18H32N.C10H16N.O2/c1-4-7-15-19(16-8-5-2,17-9-6-3)18-13-11-10-12-14-18;1-11(2,3)9-10-7-5-4-6-8-10;1-2/h10-14H,4-9,15-17H2,1-3H3;4-8H,9H2,1-3H3;/q2*+1;-2. The number of rotatable bonds is 12. The van der Waals surface area contributed by atoms with Gasteiger partial charge in [-0.05, 0) is 31.4 Å². The third kappa shape index (κ3) is 13.0. The highest BCUT2D eigenvalue weighted by Gasteiger charge is 2.28. The highest BCUT2D eigenvalue weighted by atomic mass is 17.0. The Bertz CT molecular complexity index is 632. The monoisotopic (exact) mass is 444 g/mol. The topological polar surface area (TPSA) is 46.1 Å². The summed E-state index contributed by atoms with van der Waals surface area (Å²) in [4.78, 5) is 0. The number of benzene rings is 2. The molecule has 4 heteroatoms. The van der Waals surface area contributed by atoms with E-state index in [1.807, 2.05) is 0 Å². The first kappa shape index (κ1) is 30.3. The van der Waals surface area contributed by atoms with Crippen LogP contribution in [0.25, 0.3) is 0 Å². The van der Waals surface area contributed by atoms with Crippen LogP contribution in [0.15, 0.2) is 60.7 Å². The van der Waals surface area contributed by atoms with Crippen molar-refractivity contribution in [1.29, 1.82) is 0 Å². The smallest absolute Gasteiger partial charge is 0.132 e. The van der Waals surface area contributed by atoms with Crippen molar-refractivity contribution in [2.24, 2.45) is 0 Å². The zero-order valence-electron chi connectivity index (χ0n) is 21.6. The van der Waals surface area contributed by atoms with Crippen LogP contribution >= 0.6 is 0 Å². The van der Waals surface area contributed by atoms with Crippen LogP contribution in [0.1, 0.15) is 64.9 Å². The molecule has 0 spiro atoms. The summed E-state index contributed by atoms with van der Waals surface area (Å²) in [7, 11) is 6.60. The van der Waals surface area contributed by atoms with E-state index in [9.17, 15) is 0 Å². The molecule has 0 saturated carbocycles. The van der Waals surface area contributed by atoms with Crippen LogP contribution < -0.4 is 15.0 Å². The van der Waals surface area contributed by atoms with Gasteiger partial charge in [0.1, 0.15) is 12.2 Å². The summed E-state index contributed by atoms with van der Waals surface area (Å²) in [5, 5.41) is 14.0. The molecule has 2 aromatic carbocycles. The molecule has 32 heavy (non-hydrogen) atoms. The van der Waals surface area contributed by atoms with Crippen LogP contribution in [-0.2, 0) is 6.54 Å². The third-order valence-electron chi connectivity index (χ3n) is 5.62. The molecule has 0 aliphatic rings. The van der Waals surface area contributed by atoms with Crippen LogP contribution in [0, 0.1) is 0 Å². The highest BCUT2D eigenvalue weighted by Crippen LogP contribution is 2.26. The Hall–Kier alpha value is -1.72. The van der Waals surface area contributed by atoms with Crippen molar-refractivity contribution < 1.29 is 15.0 Å². The number of hydrogen-bond acceptors (Lipinski definition) is 2. The molecule has 182 valence electrons. The maximum atomic E-state index is 7.00. The summed E-state index contributed by atoms with van der Waals surface area (Å²) < 4.78 is 2.19. The second-order valence-electron chi connectivity index (χ2n) is 9.65. The lowest BCUT2D eigenvalue weighted by atomic mass is 10.1. The van der Waals surface area contributed by atoms with Crippen molar-refractivity contribution in [2.45, 2.75) is 65.8 Å². The summed E-state index contributed by atoms with van der Waals surface area (Å²) >= 11 is 0. The molecule has 0 bridgehead atoms. The second-order valence-corrected chi connectivity index (χ2v) is 9.65. The van der Waals surface area contributed by atoms with E-state index >= 15 is 0 Å². The molecule has 0 atom stereocenters. The lowest BCUT2D eigenvalue weighted by molar-refractivity contribution is -1.00. The fourth-order valence-corrected chi connectivity index (χ4v) is 3.98. The van der Waals surface area contributed by atoms with E-state index < -0.39 is 0 Å². The molecule has 0 aromatic heterocycles. The highest BCUT2D eigenvalue weighted by molar-refractivity contribution is 5.42. The van der Waals surface area contributed by atoms with E-state index in [1.165, 1.54) is 73.9 Å². The first-order chi connectivity index (χ1) is 15.4. The number of quaternary nitrogens is 2. The second kappa shape index (κ2) is 17.8. The van der Waals surface area contributed by atoms with E-state index in [2.05, 4.69) is 103 Å². The summed E-state index contributed by atoms with van der Waals surface area (Å²) in [6, 6.07) is 21.8. The first-order valence-corrected chi connectivity index (χ1v) is 12.3. The Morgan fingerprint density at radius 1 is 0.594 bits per heavy atom. The molecule has 0 saturated heterocycles. The SMILES string of the molecule is CCCC[N+](CCCC)(CCCC)c1ccccc1.C[N+](C)(C)Cc1ccccc1.[O-][O-]. The molecule has 0 aliphatic heterocycles. The molecular formula is C28H48N2O2. The molecule has 2 aromatic rings. The largest absolute Gasteiger partial charge is 1.00 e. The minimum atomic E-state index is 0.990. The molecule has 0 aliphatic carbocycles. The predicted octanol–water partition coefficient (Wildman–Crippen LogP) is 4.91. The van der Waals surface area contributed by atoms with Crippen LogP contribution in [0.4, 0.5) is 5.69 Å². The Labute approximate surface area is 198 Å². The first-order valence-electron chi connectivity index (χ1n) is 12.3. The van der Waals surface area contributed by atoms with Crippen molar-refractivity contribution in [1.82, 2.24) is 4.48 Å². The van der Waals surface area contributed by atoms with Crippen molar-refractivity contribution in [3.8, 4) is 0 Å². The van der Waals surface area contributed by atoms with E-state index in [0.717, 1.165) is 11.0 Å². The van der Waals surface area contributed by atoms with Crippen LogP contribution in [0.5, 0.6) is 0 Å². The molecule has 4 nitrogen and oxygen atoms in total. The Morgan fingerprint density at radius 3 is 1.31 bits per heavy atom. The van der Waals surface area contributed by atoms with Gasteiger partial charge in [0.05, 0.1) is 40.8 Å². The third-order valence-corrected chi connectivity index (χ3v) is 5.62. The Morgan fingerprint density at radius 2 is 0.969 bits per heavy atom. The number of para-hydroxylation sites is 1. The average Bonchev–Trinajstić information content (AvgIpc) is 2.81. The van der Waals surface area contributed by atoms with Gasteiger partial charge in [0.25, 0.3) is 0 Å². The van der Waals surface area contributed by atoms with Crippen molar-refractivity contribution >= 4 is 5.69 Å². The summed E-state index contributed by atoms with van der Waals surface area (Å²) in [6.45, 7) is 11.9. The lowest BCUT2D eigenvalue weighted by Crippen LogP contribution is -2.51. The zero-order chi connectivity index (χ0) is 24.3. The molecule has 2 rings (SSSR count). The zero-order valence-corrected chi connectivity index (χ0v) is 21.6. The van der Waals surface area contributed by atoms with E-state index in [4.69, 9.17) is 10.5 Å². The van der Waals surface area contributed by atoms with E-state index in [-0.39, 0.29) is 0 Å².